The minimum Gasteiger partial charge on any atom is -0.329 e. The first-order chi connectivity index (χ1) is 4.77. The Morgan fingerprint density at radius 2 is 2.60 bits per heavy atom. The fourth-order valence-corrected chi connectivity index (χ4v) is 5.53. The molecule has 0 aromatic rings. The second-order valence-corrected chi connectivity index (χ2v) is 8.93. The summed E-state index contributed by atoms with van der Waals surface area (Å²) in [5, 5.41) is 3.18. The molecule has 60 valence electrons. The summed E-state index contributed by atoms with van der Waals surface area (Å²) in [6.07, 6.45) is 0. The summed E-state index contributed by atoms with van der Waals surface area (Å²) >= 11 is 12.4. The molecule has 1 saturated heterocycles. The third kappa shape index (κ3) is 2.68. The van der Waals surface area contributed by atoms with Gasteiger partial charge in [0.15, 0.2) is 5.62 Å². The van der Waals surface area contributed by atoms with Crippen molar-refractivity contribution in [2.75, 3.05) is 24.8 Å². The standard InChI is InChI=1S/C4H9ClNOPS2/c5-1-3-7-8(9)6-2-4-10-8/h1-4H2,(H,6,9). The molecule has 0 aromatic carbocycles. The van der Waals surface area contributed by atoms with Gasteiger partial charge in [0, 0.05) is 18.2 Å². The van der Waals surface area contributed by atoms with Crippen LogP contribution in [-0.4, -0.2) is 24.8 Å². The lowest BCUT2D eigenvalue weighted by molar-refractivity contribution is 0.384. The van der Waals surface area contributed by atoms with Crippen molar-refractivity contribution in [3.8, 4) is 0 Å². The van der Waals surface area contributed by atoms with Crippen molar-refractivity contribution in [3.63, 3.8) is 0 Å². The highest BCUT2D eigenvalue weighted by molar-refractivity contribution is 8.69. The molecule has 0 radical (unpaired) electrons. The molecule has 1 N–H and O–H groups in total. The van der Waals surface area contributed by atoms with Gasteiger partial charge in [0.25, 0.3) is 0 Å². The molecule has 1 aliphatic rings. The normalized spacial score (nSPS) is 32.9. The van der Waals surface area contributed by atoms with Crippen LogP contribution in [0, 0.1) is 0 Å². The number of hydrogen-bond donors (Lipinski definition) is 1. The molecule has 1 fully saturated rings. The Balaban J connectivity index is 2.29. The Kier molecular flexibility index (Phi) is 3.99. The summed E-state index contributed by atoms with van der Waals surface area (Å²) in [4.78, 5) is 0. The molecule has 6 heteroatoms. The molecule has 1 atom stereocenters. The topological polar surface area (TPSA) is 21.3 Å². The summed E-state index contributed by atoms with van der Waals surface area (Å²) in [6, 6.07) is 0. The van der Waals surface area contributed by atoms with E-state index < -0.39 is 5.62 Å². The van der Waals surface area contributed by atoms with Crippen LogP contribution in [-0.2, 0) is 16.3 Å². The van der Waals surface area contributed by atoms with Crippen LogP contribution in [0.25, 0.3) is 0 Å². The first kappa shape index (κ1) is 9.30. The number of rotatable bonds is 3. The third-order valence-corrected chi connectivity index (χ3v) is 6.94. The minimum absolute atomic E-state index is 0.528. The van der Waals surface area contributed by atoms with Crippen LogP contribution < -0.4 is 5.09 Å². The van der Waals surface area contributed by atoms with Gasteiger partial charge in [-0.25, -0.2) is 0 Å². The third-order valence-electron chi connectivity index (χ3n) is 1.01. The molecule has 1 rings (SSSR count). The average Bonchev–Trinajstić information content (AvgIpc) is 2.33. The lowest BCUT2D eigenvalue weighted by Crippen LogP contribution is -2.05. The molecule has 0 bridgehead atoms. The molecule has 10 heavy (non-hydrogen) atoms. The van der Waals surface area contributed by atoms with E-state index in [9.17, 15) is 0 Å². The summed E-state index contributed by atoms with van der Waals surface area (Å²) in [7, 11) is 0. The van der Waals surface area contributed by atoms with Gasteiger partial charge in [-0.05, 0) is 11.8 Å². The molecule has 0 aromatic heterocycles. The van der Waals surface area contributed by atoms with Crippen molar-refractivity contribution in [2.45, 2.75) is 0 Å². The molecule has 1 unspecified atom stereocenters. The van der Waals surface area contributed by atoms with Crippen LogP contribution in [0.1, 0.15) is 0 Å². The van der Waals surface area contributed by atoms with Gasteiger partial charge in [0.05, 0.1) is 6.61 Å². The van der Waals surface area contributed by atoms with E-state index in [1.54, 1.807) is 11.4 Å². The van der Waals surface area contributed by atoms with Crippen LogP contribution in [0.3, 0.4) is 0 Å². The van der Waals surface area contributed by atoms with E-state index in [1.807, 2.05) is 0 Å². The Morgan fingerprint density at radius 3 is 3.10 bits per heavy atom. The van der Waals surface area contributed by atoms with Crippen LogP contribution in [0.15, 0.2) is 0 Å². The largest absolute Gasteiger partial charge is 0.329 e. The lowest BCUT2D eigenvalue weighted by atomic mass is 10.8. The van der Waals surface area contributed by atoms with Crippen molar-refractivity contribution < 1.29 is 4.52 Å². The first-order valence-electron chi connectivity index (χ1n) is 2.97. The van der Waals surface area contributed by atoms with Gasteiger partial charge in [0.2, 0.25) is 0 Å². The average molecular weight is 218 g/mol. The Bertz CT molecular complexity index is 146. The van der Waals surface area contributed by atoms with Gasteiger partial charge in [-0.3, -0.25) is 5.09 Å². The molecule has 0 saturated carbocycles. The number of hydrogen-bond acceptors (Lipinski definition) is 3. The van der Waals surface area contributed by atoms with Gasteiger partial charge in [-0.1, -0.05) is 11.4 Å². The quantitative estimate of drug-likeness (QED) is 0.575. The van der Waals surface area contributed by atoms with Gasteiger partial charge in [-0.2, -0.15) is 0 Å². The van der Waals surface area contributed by atoms with Gasteiger partial charge in [0.1, 0.15) is 0 Å². The Hall–Kier alpha value is 1.21. The highest BCUT2D eigenvalue weighted by Crippen LogP contribution is 2.59. The zero-order chi connectivity index (χ0) is 7.45. The molecular weight excluding hydrogens is 209 g/mol. The zero-order valence-electron chi connectivity index (χ0n) is 5.38. The maximum atomic E-state index is 5.45. The van der Waals surface area contributed by atoms with Crippen LogP contribution in [0.2, 0.25) is 0 Å². The number of alkyl halides is 1. The van der Waals surface area contributed by atoms with Gasteiger partial charge >= 0.3 is 0 Å². The van der Waals surface area contributed by atoms with E-state index in [1.165, 1.54) is 0 Å². The van der Waals surface area contributed by atoms with E-state index in [-0.39, 0.29) is 0 Å². The van der Waals surface area contributed by atoms with E-state index in [0.717, 1.165) is 12.3 Å². The smallest absolute Gasteiger partial charge is 0.185 e. The highest BCUT2D eigenvalue weighted by atomic mass is 35.5. The van der Waals surface area contributed by atoms with Crippen molar-refractivity contribution in [1.82, 2.24) is 5.09 Å². The molecule has 0 amide bonds. The number of nitrogens with one attached hydrogen (secondary N) is 1. The Labute approximate surface area is 74.9 Å². The predicted molar refractivity (Wildman–Crippen MR) is 51.4 cm³/mol. The van der Waals surface area contributed by atoms with Crippen molar-refractivity contribution in [2.24, 2.45) is 0 Å². The summed E-state index contributed by atoms with van der Waals surface area (Å²) in [5.74, 6) is 1.60. The summed E-state index contributed by atoms with van der Waals surface area (Å²) < 4.78 is 5.39. The fraction of sp³-hybridized carbons (Fsp3) is 1.00. The maximum absolute atomic E-state index is 5.45. The van der Waals surface area contributed by atoms with E-state index in [4.69, 9.17) is 27.9 Å². The summed E-state index contributed by atoms with van der Waals surface area (Å²) in [6.45, 7) is 1.54. The van der Waals surface area contributed by atoms with Crippen LogP contribution >= 0.6 is 28.6 Å². The van der Waals surface area contributed by atoms with Gasteiger partial charge < -0.3 is 4.52 Å². The van der Waals surface area contributed by atoms with Crippen LogP contribution in [0.5, 0.6) is 0 Å². The monoisotopic (exact) mass is 217 g/mol. The van der Waals surface area contributed by atoms with Crippen molar-refractivity contribution in [3.05, 3.63) is 0 Å². The van der Waals surface area contributed by atoms with Crippen molar-refractivity contribution in [1.29, 1.82) is 0 Å². The van der Waals surface area contributed by atoms with Gasteiger partial charge in [-0.15, -0.1) is 11.6 Å². The van der Waals surface area contributed by atoms with E-state index >= 15 is 0 Å². The summed E-state index contributed by atoms with van der Waals surface area (Å²) in [5.41, 5.74) is -1.67. The predicted octanol–water partition coefficient (Wildman–Crippen LogP) is 1.80. The van der Waals surface area contributed by atoms with E-state index in [2.05, 4.69) is 5.09 Å². The maximum Gasteiger partial charge on any atom is 0.185 e. The molecule has 2 nitrogen and oxygen atoms in total. The molecule has 0 spiro atoms. The highest BCUT2D eigenvalue weighted by Gasteiger charge is 2.22. The molecular formula is C4H9ClNOPS2. The minimum atomic E-state index is -1.67. The molecule has 1 heterocycles. The van der Waals surface area contributed by atoms with E-state index in [0.29, 0.717) is 12.5 Å². The Morgan fingerprint density at radius 1 is 1.80 bits per heavy atom. The van der Waals surface area contributed by atoms with Crippen LogP contribution in [0.4, 0.5) is 0 Å². The molecule has 1 aliphatic heterocycles. The zero-order valence-corrected chi connectivity index (χ0v) is 8.66. The fourth-order valence-electron chi connectivity index (χ4n) is 0.632. The first-order valence-corrected chi connectivity index (χ1v) is 7.81. The number of halogens is 1. The molecule has 0 aliphatic carbocycles. The van der Waals surface area contributed by atoms with Crippen molar-refractivity contribution >= 4 is 40.4 Å². The SMILES string of the molecule is S=P1(OCCCl)NCCS1. The second kappa shape index (κ2) is 4.29. The lowest BCUT2D eigenvalue weighted by Gasteiger charge is -2.13. The second-order valence-electron chi connectivity index (χ2n) is 1.76.